The van der Waals surface area contributed by atoms with Gasteiger partial charge in [-0.25, -0.2) is 9.18 Å². The van der Waals surface area contributed by atoms with Crippen molar-refractivity contribution in [2.75, 3.05) is 18.1 Å². The Morgan fingerprint density at radius 3 is 2.44 bits per heavy atom. The fourth-order valence-corrected chi connectivity index (χ4v) is 2.56. The first kappa shape index (κ1) is 20.4. The fourth-order valence-electron chi connectivity index (χ4n) is 2.20. The van der Waals surface area contributed by atoms with Crippen molar-refractivity contribution in [1.29, 1.82) is 0 Å². The molecule has 0 aliphatic carbocycles. The molecule has 0 aliphatic heterocycles. The van der Waals surface area contributed by atoms with Gasteiger partial charge in [0.1, 0.15) is 17.1 Å². The van der Waals surface area contributed by atoms with Crippen LogP contribution in [0.4, 0.5) is 10.1 Å². The number of nitrogens with zero attached hydrogens (tertiary/aromatic N) is 1. The first-order valence-electron chi connectivity index (χ1n) is 7.78. The summed E-state index contributed by atoms with van der Waals surface area (Å²) in [6.07, 6.45) is -0.122. The van der Waals surface area contributed by atoms with Crippen LogP contribution in [0.1, 0.15) is 16.8 Å². The molecule has 0 radical (unpaired) electrons. The number of amides is 2. The van der Waals surface area contributed by atoms with Crippen LogP contribution < -0.4 is 10.6 Å². The van der Waals surface area contributed by atoms with Gasteiger partial charge in [0.15, 0.2) is 6.61 Å². The van der Waals surface area contributed by atoms with E-state index >= 15 is 0 Å². The second-order valence-corrected chi connectivity index (χ2v) is 6.39. The first-order chi connectivity index (χ1) is 12.8. The third-order valence-electron chi connectivity index (χ3n) is 3.53. The van der Waals surface area contributed by atoms with E-state index in [0.717, 1.165) is 17.0 Å². The quantitative estimate of drug-likeness (QED) is 0.644. The van der Waals surface area contributed by atoms with E-state index in [1.807, 2.05) is 0 Å². The molecular formula is C18H16BrFN2O5. The summed E-state index contributed by atoms with van der Waals surface area (Å²) in [4.78, 5) is 36.8. The third kappa shape index (κ3) is 5.78. The van der Waals surface area contributed by atoms with Crippen LogP contribution in [0.3, 0.4) is 0 Å². The average Bonchev–Trinajstić information content (AvgIpc) is 2.63. The predicted octanol–water partition coefficient (Wildman–Crippen LogP) is 2.36. The molecule has 0 saturated heterocycles. The minimum atomic E-state index is -0.892. The standard InChI is InChI=1S/C18H16BrFN2O5/c19-11-1-6-15(23)14(9-11)18(26)27-10-17(25)22(8-7-16(21)24)13-4-2-12(20)3-5-13/h1-6,9,23H,7-8,10H2,(H2,21,24). The first-order valence-corrected chi connectivity index (χ1v) is 8.57. The Kier molecular flexibility index (Phi) is 6.89. The van der Waals surface area contributed by atoms with Crippen LogP contribution >= 0.6 is 15.9 Å². The van der Waals surface area contributed by atoms with Crippen LogP contribution in [0.2, 0.25) is 0 Å². The van der Waals surface area contributed by atoms with E-state index in [0.29, 0.717) is 10.2 Å². The highest BCUT2D eigenvalue weighted by Crippen LogP contribution is 2.23. The lowest BCUT2D eigenvalue weighted by Gasteiger charge is -2.22. The molecule has 0 atom stereocenters. The van der Waals surface area contributed by atoms with Gasteiger partial charge in [0.25, 0.3) is 5.91 Å². The number of halogens is 2. The van der Waals surface area contributed by atoms with Crippen molar-refractivity contribution in [2.45, 2.75) is 6.42 Å². The number of phenolic OH excluding ortho intramolecular Hbond substituents is 1. The minimum absolute atomic E-state index is 0.0561. The van der Waals surface area contributed by atoms with Gasteiger partial charge >= 0.3 is 5.97 Å². The Morgan fingerprint density at radius 2 is 1.81 bits per heavy atom. The zero-order valence-corrected chi connectivity index (χ0v) is 15.6. The Bertz CT molecular complexity index is 857. The highest BCUT2D eigenvalue weighted by Gasteiger charge is 2.20. The summed E-state index contributed by atoms with van der Waals surface area (Å²) >= 11 is 3.17. The number of carbonyl (C=O) groups excluding carboxylic acids is 3. The SMILES string of the molecule is NC(=O)CCN(C(=O)COC(=O)c1cc(Br)ccc1O)c1ccc(F)cc1. The summed E-state index contributed by atoms with van der Waals surface area (Å²) in [7, 11) is 0. The van der Waals surface area contributed by atoms with E-state index < -0.39 is 30.2 Å². The second-order valence-electron chi connectivity index (χ2n) is 5.48. The molecule has 0 aromatic heterocycles. The molecule has 3 N–H and O–H groups in total. The third-order valence-corrected chi connectivity index (χ3v) is 4.02. The number of esters is 1. The largest absolute Gasteiger partial charge is 0.507 e. The van der Waals surface area contributed by atoms with Crippen LogP contribution in [0.25, 0.3) is 0 Å². The summed E-state index contributed by atoms with van der Waals surface area (Å²) in [5.41, 5.74) is 5.33. The number of aromatic hydroxyl groups is 1. The Hall–Kier alpha value is -2.94. The topological polar surface area (TPSA) is 110 Å². The van der Waals surface area contributed by atoms with Gasteiger partial charge in [-0.3, -0.25) is 9.59 Å². The molecule has 0 bridgehead atoms. The van der Waals surface area contributed by atoms with Crippen molar-refractivity contribution < 1.29 is 28.6 Å². The maximum Gasteiger partial charge on any atom is 0.342 e. The van der Waals surface area contributed by atoms with Crippen LogP contribution in [0.15, 0.2) is 46.9 Å². The van der Waals surface area contributed by atoms with Crippen molar-refractivity contribution in [2.24, 2.45) is 5.73 Å². The molecule has 0 unspecified atom stereocenters. The summed E-state index contributed by atoms with van der Waals surface area (Å²) in [6.45, 7) is -0.694. The van der Waals surface area contributed by atoms with Gasteiger partial charge in [0, 0.05) is 23.1 Å². The number of carbonyl (C=O) groups is 3. The zero-order chi connectivity index (χ0) is 20.0. The number of phenols is 1. The van der Waals surface area contributed by atoms with E-state index in [-0.39, 0.29) is 24.3 Å². The van der Waals surface area contributed by atoms with Gasteiger partial charge in [0.2, 0.25) is 5.91 Å². The number of anilines is 1. The van der Waals surface area contributed by atoms with E-state index in [2.05, 4.69) is 15.9 Å². The van der Waals surface area contributed by atoms with Crippen LogP contribution in [0, 0.1) is 5.82 Å². The van der Waals surface area contributed by atoms with Crippen LogP contribution in [-0.2, 0) is 14.3 Å². The molecule has 2 aromatic rings. The van der Waals surface area contributed by atoms with Crippen LogP contribution in [-0.4, -0.2) is 36.0 Å². The number of primary amides is 1. The number of nitrogens with two attached hydrogens (primary N) is 1. The molecule has 0 aliphatic rings. The van der Waals surface area contributed by atoms with Gasteiger partial charge in [-0.05, 0) is 42.5 Å². The van der Waals surface area contributed by atoms with E-state index in [4.69, 9.17) is 10.5 Å². The average molecular weight is 439 g/mol. The number of hydrogen-bond donors (Lipinski definition) is 2. The van der Waals surface area contributed by atoms with E-state index in [9.17, 15) is 23.9 Å². The van der Waals surface area contributed by atoms with Crippen molar-refractivity contribution >= 4 is 39.4 Å². The molecule has 2 rings (SSSR count). The molecule has 2 aromatic carbocycles. The summed E-state index contributed by atoms with van der Waals surface area (Å²) < 4.78 is 18.6. The maximum atomic E-state index is 13.1. The van der Waals surface area contributed by atoms with Crippen molar-refractivity contribution in [3.05, 3.63) is 58.3 Å². The molecule has 0 saturated carbocycles. The van der Waals surface area contributed by atoms with E-state index in [1.54, 1.807) is 0 Å². The molecule has 27 heavy (non-hydrogen) atoms. The van der Waals surface area contributed by atoms with Gasteiger partial charge in [-0.15, -0.1) is 0 Å². The Labute approximate surface area is 162 Å². The van der Waals surface area contributed by atoms with Crippen molar-refractivity contribution in [3.63, 3.8) is 0 Å². The summed E-state index contributed by atoms with van der Waals surface area (Å²) in [5.74, 6) is -2.93. The molecular weight excluding hydrogens is 423 g/mol. The fraction of sp³-hybridized carbons (Fsp3) is 0.167. The van der Waals surface area contributed by atoms with Crippen molar-refractivity contribution in [1.82, 2.24) is 0 Å². The van der Waals surface area contributed by atoms with Gasteiger partial charge in [-0.1, -0.05) is 15.9 Å². The molecule has 0 heterocycles. The highest BCUT2D eigenvalue weighted by molar-refractivity contribution is 9.10. The van der Waals surface area contributed by atoms with E-state index in [1.165, 1.54) is 30.3 Å². The molecule has 0 fully saturated rings. The summed E-state index contributed by atoms with van der Waals surface area (Å²) in [5, 5.41) is 9.73. The van der Waals surface area contributed by atoms with Gasteiger partial charge in [0.05, 0.1) is 0 Å². The second kappa shape index (κ2) is 9.13. The molecule has 9 heteroatoms. The number of ether oxygens (including phenoxy) is 1. The Balaban J connectivity index is 2.10. The monoisotopic (exact) mass is 438 g/mol. The van der Waals surface area contributed by atoms with Gasteiger partial charge in [-0.2, -0.15) is 0 Å². The number of hydrogen-bond acceptors (Lipinski definition) is 5. The maximum absolute atomic E-state index is 13.1. The molecule has 0 spiro atoms. The molecule has 2 amide bonds. The lowest BCUT2D eigenvalue weighted by atomic mass is 10.2. The number of benzene rings is 2. The predicted molar refractivity (Wildman–Crippen MR) is 98.7 cm³/mol. The number of rotatable bonds is 7. The molecule has 142 valence electrons. The van der Waals surface area contributed by atoms with Gasteiger partial charge < -0.3 is 20.5 Å². The lowest BCUT2D eigenvalue weighted by molar-refractivity contribution is -0.121. The summed E-state index contributed by atoms with van der Waals surface area (Å²) in [6, 6.07) is 9.23. The minimum Gasteiger partial charge on any atom is -0.507 e. The Morgan fingerprint density at radius 1 is 1.15 bits per heavy atom. The normalized spacial score (nSPS) is 10.3. The smallest absolute Gasteiger partial charge is 0.342 e. The molecule has 7 nitrogen and oxygen atoms in total. The van der Waals surface area contributed by atoms with Crippen molar-refractivity contribution in [3.8, 4) is 5.75 Å². The lowest BCUT2D eigenvalue weighted by Crippen LogP contribution is -2.37. The zero-order valence-electron chi connectivity index (χ0n) is 14.0. The van der Waals surface area contributed by atoms with Crippen LogP contribution in [0.5, 0.6) is 5.75 Å². The highest BCUT2D eigenvalue weighted by atomic mass is 79.9.